The average Bonchev–Trinajstić information content (AvgIpc) is 3.28. The highest BCUT2D eigenvalue weighted by Gasteiger charge is 2.41. The third kappa shape index (κ3) is 3.34. The molecule has 4 heteroatoms. The number of hydrogen-bond donors (Lipinski definition) is 1. The van der Waals surface area contributed by atoms with Gasteiger partial charge in [0.25, 0.3) is 0 Å². The van der Waals surface area contributed by atoms with Crippen LogP contribution >= 0.6 is 0 Å². The van der Waals surface area contributed by atoms with Crippen molar-refractivity contribution in [2.75, 3.05) is 0 Å². The van der Waals surface area contributed by atoms with Crippen LogP contribution in [0.15, 0.2) is 30.6 Å². The van der Waals surface area contributed by atoms with Gasteiger partial charge in [-0.3, -0.25) is 4.90 Å². The first kappa shape index (κ1) is 18.8. The number of amides is 1. The Kier molecular flexibility index (Phi) is 5.59. The highest BCUT2D eigenvalue weighted by molar-refractivity contribution is 5.67. The van der Waals surface area contributed by atoms with Gasteiger partial charge >= 0.3 is 6.09 Å². The summed E-state index contributed by atoms with van der Waals surface area (Å²) in [7, 11) is 0. The van der Waals surface area contributed by atoms with Gasteiger partial charge in [0.15, 0.2) is 0 Å². The zero-order valence-corrected chi connectivity index (χ0v) is 16.5. The Labute approximate surface area is 157 Å². The van der Waals surface area contributed by atoms with Gasteiger partial charge in [-0.05, 0) is 55.7 Å². The van der Waals surface area contributed by atoms with Crippen LogP contribution in [-0.4, -0.2) is 33.2 Å². The zero-order valence-electron chi connectivity index (χ0n) is 16.5. The number of hydrogen-bond acceptors (Lipinski definition) is 2. The topological polar surface area (TPSA) is 43.8 Å². The molecule has 3 rings (SSSR count). The number of carboxylic acid groups (broad SMARTS) is 1. The molecule has 1 heterocycles. The molecule has 26 heavy (non-hydrogen) atoms. The van der Waals surface area contributed by atoms with Crippen molar-refractivity contribution < 1.29 is 9.90 Å². The second-order valence-corrected chi connectivity index (χ2v) is 7.95. The van der Waals surface area contributed by atoms with Crippen LogP contribution in [-0.2, 0) is 0 Å². The lowest BCUT2D eigenvalue weighted by molar-refractivity contribution is 0.0634. The minimum Gasteiger partial charge on any atom is -0.465 e. The Morgan fingerprint density at radius 3 is 2.54 bits per heavy atom. The summed E-state index contributed by atoms with van der Waals surface area (Å²) in [4.78, 5) is 15.8. The Morgan fingerprint density at radius 1 is 1.23 bits per heavy atom. The van der Waals surface area contributed by atoms with Gasteiger partial charge in [0.1, 0.15) is 6.17 Å². The van der Waals surface area contributed by atoms with E-state index >= 15 is 0 Å². The van der Waals surface area contributed by atoms with Crippen molar-refractivity contribution in [3.63, 3.8) is 0 Å². The van der Waals surface area contributed by atoms with Crippen LogP contribution in [0.25, 0.3) is 0 Å². The summed E-state index contributed by atoms with van der Waals surface area (Å²) in [6.45, 7) is 8.68. The number of rotatable bonds is 5. The fourth-order valence-corrected chi connectivity index (χ4v) is 5.01. The molecule has 2 aliphatic rings. The number of nitrogens with zero attached hydrogens (tertiary/aromatic N) is 2. The number of carbonyl (C=O) groups is 1. The van der Waals surface area contributed by atoms with Crippen LogP contribution in [0.1, 0.15) is 68.6 Å². The molecule has 4 nitrogen and oxygen atoms in total. The Hall–Kier alpha value is -1.97. The van der Waals surface area contributed by atoms with Crippen LogP contribution < -0.4 is 0 Å². The third-order valence-electron chi connectivity index (χ3n) is 6.54. The predicted molar refractivity (Wildman–Crippen MR) is 105 cm³/mol. The number of aryl methyl sites for hydroxylation is 1. The van der Waals surface area contributed by atoms with E-state index in [9.17, 15) is 9.90 Å². The van der Waals surface area contributed by atoms with E-state index in [1.165, 1.54) is 47.3 Å². The Morgan fingerprint density at radius 2 is 1.92 bits per heavy atom. The van der Waals surface area contributed by atoms with E-state index in [4.69, 9.17) is 0 Å². The summed E-state index contributed by atoms with van der Waals surface area (Å²) in [5, 5.41) is 9.79. The van der Waals surface area contributed by atoms with Crippen molar-refractivity contribution >= 4 is 6.09 Å². The molecule has 1 saturated carbocycles. The molecule has 1 aliphatic heterocycles. The van der Waals surface area contributed by atoms with Crippen molar-refractivity contribution in [2.45, 2.75) is 77.9 Å². The molecule has 0 saturated heterocycles. The predicted octanol–water partition coefficient (Wildman–Crippen LogP) is 5.47. The van der Waals surface area contributed by atoms with Crippen LogP contribution in [0.4, 0.5) is 4.79 Å². The van der Waals surface area contributed by atoms with Gasteiger partial charge in [0.2, 0.25) is 0 Å². The van der Waals surface area contributed by atoms with Crippen molar-refractivity contribution in [1.82, 2.24) is 9.80 Å². The molecule has 1 N–H and O–H groups in total. The lowest BCUT2D eigenvalue weighted by Gasteiger charge is -2.42. The average molecular weight is 357 g/mol. The molecule has 2 unspecified atom stereocenters. The van der Waals surface area contributed by atoms with E-state index in [1.54, 1.807) is 6.20 Å². The first-order chi connectivity index (χ1) is 12.5. The van der Waals surface area contributed by atoms with E-state index in [0.29, 0.717) is 12.0 Å². The quantitative estimate of drug-likeness (QED) is 0.761. The minimum absolute atomic E-state index is 0.108. The first-order valence-corrected chi connectivity index (χ1v) is 9.98. The maximum Gasteiger partial charge on any atom is 0.413 e. The van der Waals surface area contributed by atoms with Gasteiger partial charge in [0, 0.05) is 24.4 Å². The van der Waals surface area contributed by atoms with Gasteiger partial charge < -0.3 is 10.0 Å². The molecule has 0 spiro atoms. The van der Waals surface area contributed by atoms with E-state index in [2.05, 4.69) is 50.8 Å². The zero-order chi connectivity index (χ0) is 18.8. The SMILES string of the molecule is CCC(C1CCCC1)N1C=CN(C(=O)O)C1[C@@H](C)c1cccc(C)c1C. The summed E-state index contributed by atoms with van der Waals surface area (Å²) in [6, 6.07) is 6.77. The second-order valence-electron chi connectivity index (χ2n) is 7.95. The highest BCUT2D eigenvalue weighted by Crippen LogP contribution is 2.39. The molecule has 1 fully saturated rings. The molecule has 3 atom stereocenters. The summed E-state index contributed by atoms with van der Waals surface area (Å²) in [6.07, 6.45) is 8.93. The van der Waals surface area contributed by atoms with Crippen LogP contribution in [0, 0.1) is 19.8 Å². The molecule has 0 aromatic heterocycles. The number of benzene rings is 1. The van der Waals surface area contributed by atoms with Gasteiger partial charge in [-0.2, -0.15) is 0 Å². The maximum atomic E-state index is 11.9. The molecule has 1 aromatic carbocycles. The van der Waals surface area contributed by atoms with E-state index in [1.807, 2.05) is 6.20 Å². The summed E-state index contributed by atoms with van der Waals surface area (Å²) in [5.74, 6) is 0.781. The molecular weight excluding hydrogens is 324 g/mol. The van der Waals surface area contributed by atoms with E-state index in [-0.39, 0.29) is 12.1 Å². The molecule has 1 aromatic rings. The molecule has 142 valence electrons. The molecule has 0 radical (unpaired) electrons. The molecule has 1 aliphatic carbocycles. The van der Waals surface area contributed by atoms with Crippen molar-refractivity contribution in [1.29, 1.82) is 0 Å². The largest absolute Gasteiger partial charge is 0.465 e. The van der Waals surface area contributed by atoms with E-state index in [0.717, 1.165) is 6.42 Å². The first-order valence-electron chi connectivity index (χ1n) is 9.98. The smallest absolute Gasteiger partial charge is 0.413 e. The normalized spacial score (nSPS) is 22.8. The van der Waals surface area contributed by atoms with Gasteiger partial charge in [-0.15, -0.1) is 0 Å². The summed E-state index contributed by atoms with van der Waals surface area (Å²) < 4.78 is 0. The van der Waals surface area contributed by atoms with E-state index < -0.39 is 6.09 Å². The van der Waals surface area contributed by atoms with Crippen molar-refractivity contribution in [3.8, 4) is 0 Å². The minimum atomic E-state index is -0.868. The Bertz CT molecular complexity index is 679. The molecular formula is C22H32N2O2. The lowest BCUT2D eigenvalue weighted by Crippen LogP contribution is -2.50. The second kappa shape index (κ2) is 7.73. The maximum absolute atomic E-state index is 11.9. The van der Waals surface area contributed by atoms with Crippen LogP contribution in [0.3, 0.4) is 0 Å². The van der Waals surface area contributed by atoms with Gasteiger partial charge in [-0.25, -0.2) is 4.79 Å². The standard InChI is InChI=1S/C22H32N2O2/c1-5-20(18-10-6-7-11-18)23-13-14-24(22(25)26)21(23)17(4)19-12-8-9-15(2)16(19)3/h8-9,12-14,17-18,20-21H,5-7,10-11H2,1-4H3,(H,25,26)/t17-,20?,21?/m0/s1. The fraction of sp³-hybridized carbons (Fsp3) is 0.591. The van der Waals surface area contributed by atoms with Crippen LogP contribution in [0.2, 0.25) is 0 Å². The molecule has 0 bridgehead atoms. The van der Waals surface area contributed by atoms with Crippen LogP contribution in [0.5, 0.6) is 0 Å². The highest BCUT2D eigenvalue weighted by atomic mass is 16.4. The van der Waals surface area contributed by atoms with Crippen molar-refractivity contribution in [3.05, 3.63) is 47.3 Å². The lowest BCUT2D eigenvalue weighted by atomic mass is 9.88. The van der Waals surface area contributed by atoms with Gasteiger partial charge in [-0.1, -0.05) is 44.9 Å². The Balaban J connectivity index is 1.95. The molecule has 1 amide bonds. The monoisotopic (exact) mass is 356 g/mol. The van der Waals surface area contributed by atoms with Gasteiger partial charge in [0.05, 0.1) is 0 Å². The third-order valence-corrected chi connectivity index (χ3v) is 6.54. The summed E-state index contributed by atoms with van der Waals surface area (Å²) in [5.41, 5.74) is 3.78. The summed E-state index contributed by atoms with van der Waals surface area (Å²) >= 11 is 0. The fourth-order valence-electron chi connectivity index (χ4n) is 5.01. The van der Waals surface area contributed by atoms with Crippen molar-refractivity contribution in [2.24, 2.45) is 5.92 Å².